The van der Waals surface area contributed by atoms with Crippen molar-refractivity contribution in [1.29, 1.82) is 0 Å². The summed E-state index contributed by atoms with van der Waals surface area (Å²) in [4.78, 5) is 0. The van der Waals surface area contributed by atoms with Crippen molar-refractivity contribution in [2.24, 2.45) is 5.92 Å². The lowest BCUT2D eigenvalue weighted by molar-refractivity contribution is 0.560. The largest absolute Gasteiger partial charge is 0.0651 e. The van der Waals surface area contributed by atoms with Crippen LogP contribution in [0.15, 0.2) is 54.6 Å². The normalized spacial score (nSPS) is 12.3. The molecule has 2 rings (SSSR count). The molecule has 0 fully saturated rings. The van der Waals surface area contributed by atoms with Gasteiger partial charge in [0.05, 0.1) is 0 Å². The zero-order valence-electron chi connectivity index (χ0n) is 11.4. The van der Waals surface area contributed by atoms with E-state index in [1.54, 1.807) is 0 Å². The zero-order chi connectivity index (χ0) is 12.8. The summed E-state index contributed by atoms with van der Waals surface area (Å²) in [5, 5.41) is 0. The molecule has 0 amide bonds. The highest BCUT2D eigenvalue weighted by molar-refractivity contribution is 5.28. The van der Waals surface area contributed by atoms with Gasteiger partial charge >= 0.3 is 0 Å². The first-order chi connectivity index (χ1) is 8.78. The van der Waals surface area contributed by atoms with Crippen LogP contribution in [0.5, 0.6) is 0 Å². The lowest BCUT2D eigenvalue weighted by Gasteiger charge is -2.09. The van der Waals surface area contributed by atoms with E-state index < -0.39 is 0 Å². The van der Waals surface area contributed by atoms with Crippen molar-refractivity contribution in [3.8, 4) is 0 Å². The van der Waals surface area contributed by atoms with E-state index in [2.05, 4.69) is 68.4 Å². The van der Waals surface area contributed by atoms with Gasteiger partial charge in [0.25, 0.3) is 0 Å². The molecule has 0 aromatic heterocycles. The molecule has 0 saturated heterocycles. The summed E-state index contributed by atoms with van der Waals surface area (Å²) in [6.45, 7) is 4.58. The topological polar surface area (TPSA) is 0 Å². The van der Waals surface area contributed by atoms with Crippen molar-refractivity contribution in [1.82, 2.24) is 0 Å². The molecule has 2 aromatic rings. The highest BCUT2D eigenvalue weighted by Crippen LogP contribution is 2.14. The van der Waals surface area contributed by atoms with E-state index in [1.807, 2.05) is 0 Å². The van der Waals surface area contributed by atoms with Gasteiger partial charge in [0.15, 0.2) is 0 Å². The first-order valence-electron chi connectivity index (χ1n) is 6.89. The lowest BCUT2D eigenvalue weighted by Crippen LogP contribution is -1.98. The maximum Gasteiger partial charge on any atom is -0.00258 e. The molecule has 0 bridgehead atoms. The van der Waals surface area contributed by atoms with E-state index in [0.717, 1.165) is 12.3 Å². The van der Waals surface area contributed by atoms with Crippen molar-refractivity contribution in [2.75, 3.05) is 0 Å². The number of hydrogen-bond acceptors (Lipinski definition) is 0. The van der Waals surface area contributed by atoms with Crippen molar-refractivity contribution in [3.05, 3.63) is 71.3 Å². The molecule has 18 heavy (non-hydrogen) atoms. The van der Waals surface area contributed by atoms with Gasteiger partial charge in [-0.25, -0.2) is 0 Å². The quantitative estimate of drug-likeness (QED) is 0.697. The monoisotopic (exact) mass is 238 g/mol. The second kappa shape index (κ2) is 6.39. The van der Waals surface area contributed by atoms with E-state index in [-0.39, 0.29) is 0 Å². The van der Waals surface area contributed by atoms with Crippen LogP contribution in [0.1, 0.15) is 37.0 Å². The molecule has 0 N–H and O–H groups in total. The van der Waals surface area contributed by atoms with Crippen LogP contribution in [-0.2, 0) is 12.8 Å². The second-order valence-corrected chi connectivity index (χ2v) is 5.20. The van der Waals surface area contributed by atoms with Crippen LogP contribution in [0.2, 0.25) is 0 Å². The van der Waals surface area contributed by atoms with Gasteiger partial charge < -0.3 is 0 Å². The summed E-state index contributed by atoms with van der Waals surface area (Å²) in [5.41, 5.74) is 4.24. The van der Waals surface area contributed by atoms with E-state index in [0.29, 0.717) is 0 Å². The first-order valence-corrected chi connectivity index (χ1v) is 6.89. The smallest absolute Gasteiger partial charge is 0.00258 e. The summed E-state index contributed by atoms with van der Waals surface area (Å²) in [7, 11) is 0. The van der Waals surface area contributed by atoms with E-state index in [4.69, 9.17) is 0 Å². The maximum atomic E-state index is 2.32. The number of rotatable bonds is 5. The minimum Gasteiger partial charge on any atom is -0.0651 e. The van der Waals surface area contributed by atoms with Crippen LogP contribution in [0.4, 0.5) is 0 Å². The molecule has 2 aromatic carbocycles. The average Bonchev–Trinajstić information content (AvgIpc) is 2.42. The summed E-state index contributed by atoms with van der Waals surface area (Å²) in [6, 6.07) is 19.8. The van der Waals surface area contributed by atoms with E-state index >= 15 is 0 Å². The molecular weight excluding hydrogens is 216 g/mol. The fraction of sp³-hybridized carbons (Fsp3) is 0.333. The van der Waals surface area contributed by atoms with Crippen LogP contribution in [0.3, 0.4) is 0 Å². The molecule has 0 aliphatic carbocycles. The van der Waals surface area contributed by atoms with Gasteiger partial charge in [0.1, 0.15) is 0 Å². The van der Waals surface area contributed by atoms with E-state index in [1.165, 1.54) is 29.5 Å². The Morgan fingerprint density at radius 3 is 1.94 bits per heavy atom. The zero-order valence-corrected chi connectivity index (χ0v) is 11.4. The Labute approximate surface area is 111 Å². The van der Waals surface area contributed by atoms with Gasteiger partial charge in [-0.05, 0) is 35.4 Å². The van der Waals surface area contributed by atoms with Crippen molar-refractivity contribution < 1.29 is 0 Å². The first kappa shape index (κ1) is 12.9. The van der Waals surface area contributed by atoms with Crippen LogP contribution in [-0.4, -0.2) is 0 Å². The minimum atomic E-state index is 0.782. The molecule has 0 spiro atoms. The number of hydrogen-bond donors (Lipinski definition) is 0. The highest BCUT2D eigenvalue weighted by atomic mass is 14.1. The van der Waals surface area contributed by atoms with Crippen LogP contribution in [0, 0.1) is 5.92 Å². The third kappa shape index (κ3) is 3.73. The van der Waals surface area contributed by atoms with Gasteiger partial charge in [-0.1, -0.05) is 74.9 Å². The van der Waals surface area contributed by atoms with E-state index in [9.17, 15) is 0 Å². The molecule has 94 valence electrons. The predicted octanol–water partition coefficient (Wildman–Crippen LogP) is 4.87. The molecule has 0 heteroatoms. The molecule has 0 nitrogen and oxygen atoms in total. The summed E-state index contributed by atoms with van der Waals surface area (Å²) < 4.78 is 0. The maximum absolute atomic E-state index is 2.32. The molecule has 1 unspecified atom stereocenters. The summed E-state index contributed by atoms with van der Waals surface area (Å²) in [5.74, 6) is 0.782. The van der Waals surface area contributed by atoms with Crippen molar-refractivity contribution in [2.45, 2.75) is 33.1 Å². The standard InChI is InChI=1S/C18H22/c1-3-15(2)13-17-9-11-18(12-10-17)14-16-7-5-4-6-8-16/h4-12,15H,3,13-14H2,1-2H3. The Hall–Kier alpha value is -1.56. The molecule has 0 aliphatic rings. The fourth-order valence-electron chi connectivity index (χ4n) is 2.17. The Bertz CT molecular complexity index is 453. The summed E-state index contributed by atoms with van der Waals surface area (Å²) >= 11 is 0. The molecule has 0 heterocycles. The SMILES string of the molecule is CCC(C)Cc1ccc(Cc2ccccc2)cc1. The number of benzene rings is 2. The second-order valence-electron chi connectivity index (χ2n) is 5.20. The molecule has 0 aliphatic heterocycles. The van der Waals surface area contributed by atoms with Gasteiger partial charge in [-0.15, -0.1) is 0 Å². The lowest BCUT2D eigenvalue weighted by atomic mass is 9.97. The predicted molar refractivity (Wildman–Crippen MR) is 78.8 cm³/mol. The molecular formula is C18H22. The van der Waals surface area contributed by atoms with Gasteiger partial charge in [-0.3, -0.25) is 0 Å². The van der Waals surface area contributed by atoms with Gasteiger partial charge in [0.2, 0.25) is 0 Å². The molecule has 1 atom stereocenters. The van der Waals surface area contributed by atoms with Crippen LogP contribution in [0.25, 0.3) is 0 Å². The van der Waals surface area contributed by atoms with Crippen LogP contribution < -0.4 is 0 Å². The minimum absolute atomic E-state index is 0.782. The van der Waals surface area contributed by atoms with Crippen molar-refractivity contribution >= 4 is 0 Å². The molecule has 0 saturated carbocycles. The Morgan fingerprint density at radius 1 is 0.778 bits per heavy atom. The van der Waals surface area contributed by atoms with Gasteiger partial charge in [0, 0.05) is 0 Å². The van der Waals surface area contributed by atoms with Crippen LogP contribution >= 0.6 is 0 Å². The Morgan fingerprint density at radius 2 is 1.33 bits per heavy atom. The van der Waals surface area contributed by atoms with Crippen molar-refractivity contribution in [3.63, 3.8) is 0 Å². The highest BCUT2D eigenvalue weighted by Gasteiger charge is 2.01. The third-order valence-corrected chi connectivity index (χ3v) is 3.56. The summed E-state index contributed by atoms with van der Waals surface area (Å²) in [6.07, 6.45) is 3.48. The van der Waals surface area contributed by atoms with Gasteiger partial charge in [-0.2, -0.15) is 0 Å². The Kier molecular flexibility index (Phi) is 4.58. The Balaban J connectivity index is 2.00. The fourth-order valence-corrected chi connectivity index (χ4v) is 2.17. The third-order valence-electron chi connectivity index (χ3n) is 3.56. The average molecular weight is 238 g/mol. The molecule has 0 radical (unpaired) electrons.